The Labute approximate surface area is 90.8 Å². The zero-order valence-electron chi connectivity index (χ0n) is 8.76. The van der Waals surface area contributed by atoms with Gasteiger partial charge in [-0.25, -0.2) is 0 Å². The number of carbonyl (C=O) groups is 1. The molecule has 4 heteroatoms. The molecule has 0 spiro atoms. The number of hydrogen-bond acceptors (Lipinski definition) is 2. The summed E-state index contributed by atoms with van der Waals surface area (Å²) < 4.78 is 0. The molecule has 1 N–H and O–H groups in total. The molecule has 0 saturated carbocycles. The van der Waals surface area contributed by atoms with E-state index in [1.807, 2.05) is 0 Å². The summed E-state index contributed by atoms with van der Waals surface area (Å²) in [6, 6.07) is 0.383. The molecular weight excluding hydrogens is 200 g/mol. The summed E-state index contributed by atoms with van der Waals surface area (Å²) in [5, 5.41) is 3.05. The van der Waals surface area contributed by atoms with E-state index >= 15 is 0 Å². The van der Waals surface area contributed by atoms with Crippen LogP contribution in [0.3, 0.4) is 0 Å². The van der Waals surface area contributed by atoms with Gasteiger partial charge in [-0.1, -0.05) is 0 Å². The number of halogens is 1. The molecule has 0 aromatic heterocycles. The number of likely N-dealkylation sites (tertiary alicyclic amines) is 1. The van der Waals surface area contributed by atoms with Gasteiger partial charge in [0.25, 0.3) is 0 Å². The molecule has 82 valence electrons. The Balaban J connectivity index is 2.14. The minimum Gasteiger partial charge on any atom is -0.353 e. The number of piperidine rings is 1. The summed E-state index contributed by atoms with van der Waals surface area (Å²) in [5.74, 6) is 0.723. The molecular formula is C10H19ClN2O. The van der Waals surface area contributed by atoms with Gasteiger partial charge in [0.2, 0.25) is 5.91 Å². The smallest absolute Gasteiger partial charge is 0.220 e. The van der Waals surface area contributed by atoms with Gasteiger partial charge in [-0.15, -0.1) is 11.6 Å². The summed E-state index contributed by atoms with van der Waals surface area (Å²) in [6.45, 7) is 2.17. The lowest BCUT2D eigenvalue weighted by Crippen LogP contribution is -2.43. The average Bonchev–Trinajstić information content (AvgIpc) is 2.18. The first-order valence-corrected chi connectivity index (χ1v) is 5.79. The summed E-state index contributed by atoms with van der Waals surface area (Å²) in [6.07, 6.45) is 3.49. The van der Waals surface area contributed by atoms with Crippen LogP contribution in [0.25, 0.3) is 0 Å². The molecule has 1 amide bonds. The second-order valence-electron chi connectivity index (χ2n) is 3.94. The van der Waals surface area contributed by atoms with Gasteiger partial charge in [0.15, 0.2) is 0 Å². The van der Waals surface area contributed by atoms with Crippen LogP contribution in [0.5, 0.6) is 0 Å². The van der Waals surface area contributed by atoms with E-state index < -0.39 is 0 Å². The lowest BCUT2D eigenvalue weighted by atomic mass is 10.1. The first kappa shape index (κ1) is 11.8. The highest BCUT2D eigenvalue weighted by Crippen LogP contribution is 2.08. The number of amides is 1. The second-order valence-corrected chi connectivity index (χ2v) is 4.32. The van der Waals surface area contributed by atoms with E-state index in [-0.39, 0.29) is 5.91 Å². The maximum absolute atomic E-state index is 11.4. The van der Waals surface area contributed by atoms with E-state index in [4.69, 9.17) is 11.6 Å². The molecule has 1 saturated heterocycles. The lowest BCUT2D eigenvalue weighted by molar-refractivity contribution is -0.122. The number of nitrogens with one attached hydrogen (secondary N) is 1. The van der Waals surface area contributed by atoms with E-state index in [1.165, 1.54) is 0 Å². The van der Waals surface area contributed by atoms with Crippen LogP contribution in [-0.2, 0) is 4.79 Å². The molecule has 14 heavy (non-hydrogen) atoms. The predicted octanol–water partition coefficient (Wildman–Crippen LogP) is 1.22. The van der Waals surface area contributed by atoms with Crippen molar-refractivity contribution in [3.05, 3.63) is 0 Å². The van der Waals surface area contributed by atoms with Gasteiger partial charge in [-0.2, -0.15) is 0 Å². The second kappa shape index (κ2) is 6.25. The van der Waals surface area contributed by atoms with Crippen LogP contribution >= 0.6 is 11.6 Å². The van der Waals surface area contributed by atoms with Gasteiger partial charge in [-0.05, 0) is 39.4 Å². The van der Waals surface area contributed by atoms with Crippen molar-refractivity contribution in [2.45, 2.75) is 31.7 Å². The molecule has 1 heterocycles. The quantitative estimate of drug-likeness (QED) is 0.720. The van der Waals surface area contributed by atoms with Crippen molar-refractivity contribution in [1.82, 2.24) is 10.2 Å². The third-order valence-corrected chi connectivity index (χ3v) is 2.89. The van der Waals surface area contributed by atoms with Gasteiger partial charge in [0.1, 0.15) is 0 Å². The Morgan fingerprint density at radius 3 is 2.71 bits per heavy atom. The normalized spacial score (nSPS) is 19.6. The number of rotatable bonds is 4. The molecule has 0 atom stereocenters. The lowest BCUT2D eigenvalue weighted by Gasteiger charge is -2.29. The summed E-state index contributed by atoms with van der Waals surface area (Å²) in [5.41, 5.74) is 0. The highest BCUT2D eigenvalue weighted by molar-refractivity contribution is 6.17. The monoisotopic (exact) mass is 218 g/mol. The van der Waals surface area contributed by atoms with E-state index in [9.17, 15) is 4.79 Å². The van der Waals surface area contributed by atoms with Crippen molar-refractivity contribution in [2.24, 2.45) is 0 Å². The first-order chi connectivity index (χ1) is 6.72. The first-order valence-electron chi connectivity index (χ1n) is 5.26. The Hall–Kier alpha value is -0.280. The maximum Gasteiger partial charge on any atom is 0.220 e. The van der Waals surface area contributed by atoms with E-state index in [1.54, 1.807) is 0 Å². The van der Waals surface area contributed by atoms with E-state index in [0.29, 0.717) is 18.3 Å². The van der Waals surface area contributed by atoms with E-state index in [2.05, 4.69) is 17.3 Å². The van der Waals surface area contributed by atoms with Gasteiger partial charge in [0.05, 0.1) is 0 Å². The zero-order valence-corrected chi connectivity index (χ0v) is 9.52. The van der Waals surface area contributed by atoms with Gasteiger partial charge in [-0.3, -0.25) is 4.79 Å². The van der Waals surface area contributed by atoms with Gasteiger partial charge in [0, 0.05) is 18.3 Å². The van der Waals surface area contributed by atoms with Crippen LogP contribution in [0, 0.1) is 0 Å². The number of hydrogen-bond donors (Lipinski definition) is 1. The Kier molecular flexibility index (Phi) is 5.26. The van der Waals surface area contributed by atoms with Crippen molar-refractivity contribution in [3.63, 3.8) is 0 Å². The highest BCUT2D eigenvalue weighted by Gasteiger charge is 2.17. The van der Waals surface area contributed by atoms with Crippen LogP contribution in [0.15, 0.2) is 0 Å². The molecule has 0 radical (unpaired) electrons. The number of alkyl halides is 1. The SMILES string of the molecule is CN1CCC(NC(=O)CCCCl)CC1. The van der Waals surface area contributed by atoms with Crippen LogP contribution in [-0.4, -0.2) is 42.9 Å². The van der Waals surface area contributed by atoms with Gasteiger partial charge >= 0.3 is 0 Å². The fourth-order valence-corrected chi connectivity index (χ4v) is 1.81. The molecule has 0 aromatic carbocycles. The Bertz CT molecular complexity index is 179. The van der Waals surface area contributed by atoms with Crippen molar-refractivity contribution in [2.75, 3.05) is 26.0 Å². The largest absolute Gasteiger partial charge is 0.353 e. The van der Waals surface area contributed by atoms with Crippen molar-refractivity contribution in [3.8, 4) is 0 Å². The number of carbonyl (C=O) groups excluding carboxylic acids is 1. The van der Waals surface area contributed by atoms with E-state index in [0.717, 1.165) is 32.4 Å². The fourth-order valence-electron chi connectivity index (χ4n) is 1.68. The molecule has 0 aromatic rings. The Morgan fingerprint density at radius 2 is 2.14 bits per heavy atom. The molecule has 0 aliphatic carbocycles. The predicted molar refractivity (Wildman–Crippen MR) is 58.6 cm³/mol. The molecule has 0 bridgehead atoms. The Morgan fingerprint density at radius 1 is 1.50 bits per heavy atom. The van der Waals surface area contributed by atoms with Crippen molar-refractivity contribution in [1.29, 1.82) is 0 Å². The van der Waals surface area contributed by atoms with Crippen LogP contribution in [0.1, 0.15) is 25.7 Å². The standard InChI is InChI=1S/C10H19ClN2O/c1-13-7-4-9(5-8-13)12-10(14)3-2-6-11/h9H,2-8H2,1H3,(H,12,14). The van der Waals surface area contributed by atoms with Crippen LogP contribution in [0.4, 0.5) is 0 Å². The van der Waals surface area contributed by atoms with Crippen LogP contribution in [0.2, 0.25) is 0 Å². The molecule has 1 rings (SSSR count). The molecule has 1 aliphatic rings. The van der Waals surface area contributed by atoms with Crippen molar-refractivity contribution >= 4 is 17.5 Å². The van der Waals surface area contributed by atoms with Gasteiger partial charge < -0.3 is 10.2 Å². The molecule has 1 aliphatic heterocycles. The van der Waals surface area contributed by atoms with Crippen LogP contribution < -0.4 is 5.32 Å². The maximum atomic E-state index is 11.4. The third-order valence-electron chi connectivity index (χ3n) is 2.62. The topological polar surface area (TPSA) is 32.3 Å². The zero-order chi connectivity index (χ0) is 10.4. The van der Waals surface area contributed by atoms with Crippen molar-refractivity contribution < 1.29 is 4.79 Å². The summed E-state index contributed by atoms with van der Waals surface area (Å²) >= 11 is 5.52. The third kappa shape index (κ3) is 4.29. The average molecular weight is 219 g/mol. The molecule has 3 nitrogen and oxygen atoms in total. The summed E-state index contributed by atoms with van der Waals surface area (Å²) in [7, 11) is 2.12. The number of nitrogens with zero attached hydrogens (tertiary/aromatic N) is 1. The highest BCUT2D eigenvalue weighted by atomic mass is 35.5. The minimum absolute atomic E-state index is 0.153. The fraction of sp³-hybridized carbons (Fsp3) is 0.900. The molecule has 1 fully saturated rings. The molecule has 0 unspecified atom stereocenters. The summed E-state index contributed by atoms with van der Waals surface area (Å²) in [4.78, 5) is 13.7. The minimum atomic E-state index is 0.153.